The minimum Gasteiger partial charge on any atom is -0.494 e. The first-order valence-electron chi connectivity index (χ1n) is 12.8. The molecule has 0 fully saturated rings. The molecule has 2 atom stereocenters. The van der Waals surface area contributed by atoms with E-state index in [0.717, 1.165) is 24.2 Å². The molecule has 1 aliphatic heterocycles. The summed E-state index contributed by atoms with van der Waals surface area (Å²) in [6, 6.07) is 11.4. The van der Waals surface area contributed by atoms with E-state index < -0.39 is 24.3 Å². The number of allylic oxidation sites excluding steroid dienone is 1. The van der Waals surface area contributed by atoms with Gasteiger partial charge in [-0.1, -0.05) is 19.4 Å². The smallest absolute Gasteiger partial charge is 0.337 e. The summed E-state index contributed by atoms with van der Waals surface area (Å²) in [4.78, 5) is 24.5. The van der Waals surface area contributed by atoms with Gasteiger partial charge in [0.1, 0.15) is 12.4 Å². The van der Waals surface area contributed by atoms with Gasteiger partial charge in [-0.2, -0.15) is 5.10 Å². The molecule has 2 aromatic carbocycles. The average molecular weight is 541 g/mol. The second-order valence-corrected chi connectivity index (χ2v) is 8.69. The number of methoxy groups -OCH3 is 1. The molecule has 11 nitrogen and oxygen atoms in total. The van der Waals surface area contributed by atoms with Crippen molar-refractivity contribution in [2.75, 3.05) is 26.9 Å². The Morgan fingerprint density at radius 1 is 1.13 bits per heavy atom. The molecule has 39 heavy (non-hydrogen) atoms. The second-order valence-electron chi connectivity index (χ2n) is 8.69. The molecule has 0 saturated carbocycles. The molecule has 0 saturated heterocycles. The average Bonchev–Trinajstić information content (AvgIpc) is 2.92. The lowest BCUT2D eigenvalue weighted by atomic mass is 9.95. The van der Waals surface area contributed by atoms with Crippen LogP contribution >= 0.6 is 0 Å². The Hall–Kier alpha value is -4.25. The minimum atomic E-state index is -1.09. The lowest BCUT2D eigenvalue weighted by molar-refractivity contribution is -0.136. The minimum absolute atomic E-state index is 0.114. The number of carbonyl (C=O) groups excluding carboxylic acids is 2. The number of hydrogen-bond acceptors (Lipinski definition) is 9. The number of benzene rings is 2. The molecule has 0 aliphatic carbocycles. The second kappa shape index (κ2) is 14.6. The van der Waals surface area contributed by atoms with Crippen LogP contribution in [0.1, 0.15) is 50.8 Å². The number of hydrazone groups is 1. The molecule has 0 unspecified atom stereocenters. The van der Waals surface area contributed by atoms with Gasteiger partial charge in [0.05, 0.1) is 38.2 Å². The summed E-state index contributed by atoms with van der Waals surface area (Å²) < 4.78 is 22.0. The van der Waals surface area contributed by atoms with Crippen molar-refractivity contribution in [3.8, 4) is 17.2 Å². The molecule has 1 heterocycles. The number of unbranched alkanes of at least 4 members (excludes halogenated alkanes) is 1. The largest absolute Gasteiger partial charge is 0.494 e. The maximum atomic E-state index is 12.4. The van der Waals surface area contributed by atoms with Crippen LogP contribution in [0.2, 0.25) is 0 Å². The van der Waals surface area contributed by atoms with Crippen LogP contribution in [0.4, 0.5) is 4.79 Å². The number of hydrogen-bond donors (Lipinski definition) is 4. The predicted molar refractivity (Wildman–Crippen MR) is 146 cm³/mol. The van der Waals surface area contributed by atoms with Gasteiger partial charge in [-0.3, -0.25) is 5.43 Å². The monoisotopic (exact) mass is 540 g/mol. The number of carbonyl (C=O) groups is 2. The highest BCUT2D eigenvalue weighted by Gasteiger charge is 2.32. The quantitative estimate of drug-likeness (QED) is 0.0940. The first-order valence-corrected chi connectivity index (χ1v) is 12.8. The number of nitrogens with zero attached hydrogens (tertiary/aromatic N) is 1. The fraction of sp³-hybridized carbons (Fsp3) is 0.393. The first kappa shape index (κ1) is 29.3. The van der Waals surface area contributed by atoms with Crippen LogP contribution in [0.3, 0.4) is 0 Å². The van der Waals surface area contributed by atoms with Gasteiger partial charge in [-0.05, 0) is 67.8 Å². The number of urea groups is 1. The van der Waals surface area contributed by atoms with E-state index in [0.29, 0.717) is 36.0 Å². The predicted octanol–water partition coefficient (Wildman–Crippen LogP) is 3.39. The molecule has 210 valence electrons. The summed E-state index contributed by atoms with van der Waals surface area (Å²) >= 11 is 0. The third kappa shape index (κ3) is 8.37. The van der Waals surface area contributed by atoms with Gasteiger partial charge in [-0.15, -0.1) is 0 Å². The maximum absolute atomic E-state index is 12.4. The standard InChI is InChI=1S/C28H36N4O7/c1-5-7-14-38-21-11-8-19(9-12-21)16-29-32-24(33)17-39-22-13-10-20(15-23(22)37-6-2)26-25(27(34)36-4)18(3)30-28(35)31-26/h8-13,15-16,24,26,32-33H,5-7,14,17H2,1-4H3,(H2,30,31,35)/b29-16-/t24-,26-/m1/s1. The summed E-state index contributed by atoms with van der Waals surface area (Å²) in [5, 5.41) is 19.7. The van der Waals surface area contributed by atoms with Gasteiger partial charge in [0.15, 0.2) is 17.7 Å². The fourth-order valence-electron chi connectivity index (χ4n) is 3.80. The molecule has 11 heteroatoms. The van der Waals surface area contributed by atoms with Crippen LogP contribution in [-0.4, -0.2) is 56.5 Å². The van der Waals surface area contributed by atoms with Crippen LogP contribution in [0.5, 0.6) is 17.2 Å². The third-order valence-corrected chi connectivity index (χ3v) is 5.76. The number of ether oxygens (including phenoxy) is 4. The van der Waals surface area contributed by atoms with Gasteiger partial charge >= 0.3 is 12.0 Å². The van der Waals surface area contributed by atoms with Crippen LogP contribution in [0.15, 0.2) is 58.8 Å². The lowest BCUT2D eigenvalue weighted by Gasteiger charge is -2.28. The molecule has 2 aromatic rings. The molecular formula is C28H36N4O7. The van der Waals surface area contributed by atoms with Crippen molar-refractivity contribution in [3.63, 3.8) is 0 Å². The van der Waals surface area contributed by atoms with Crippen LogP contribution in [0.25, 0.3) is 0 Å². The summed E-state index contributed by atoms with van der Waals surface area (Å²) in [5.41, 5.74) is 4.75. The zero-order valence-electron chi connectivity index (χ0n) is 22.7. The number of amides is 2. The van der Waals surface area contributed by atoms with Crippen molar-refractivity contribution < 1.29 is 33.6 Å². The Morgan fingerprint density at radius 2 is 1.90 bits per heavy atom. The molecule has 0 bridgehead atoms. The number of esters is 1. The van der Waals surface area contributed by atoms with E-state index in [1.165, 1.54) is 7.11 Å². The highest BCUT2D eigenvalue weighted by Crippen LogP contribution is 2.34. The highest BCUT2D eigenvalue weighted by molar-refractivity contribution is 5.95. The van der Waals surface area contributed by atoms with E-state index in [4.69, 9.17) is 18.9 Å². The van der Waals surface area contributed by atoms with Crippen LogP contribution in [-0.2, 0) is 9.53 Å². The summed E-state index contributed by atoms with van der Waals surface area (Å²) in [6.45, 7) is 6.49. The molecule has 3 rings (SSSR count). The fourth-order valence-corrected chi connectivity index (χ4v) is 3.80. The number of aliphatic hydroxyl groups excluding tert-OH is 1. The topological polar surface area (TPSA) is 140 Å². The first-order chi connectivity index (χ1) is 18.9. The number of nitrogens with one attached hydrogen (secondary N) is 3. The Bertz CT molecular complexity index is 1180. The number of rotatable bonds is 14. The van der Waals surface area contributed by atoms with Crippen LogP contribution < -0.4 is 30.3 Å². The molecule has 0 aromatic heterocycles. The van der Waals surface area contributed by atoms with Gasteiger partial charge < -0.3 is 34.7 Å². The molecule has 4 N–H and O–H groups in total. The zero-order valence-corrected chi connectivity index (χ0v) is 22.7. The Balaban J connectivity index is 1.62. The SMILES string of the molecule is CCCCOc1ccc(/C=N\N[C@H](O)COc2ccc([C@H]3NC(=O)NC(C)=C3C(=O)OC)cc2OCC)cc1. The van der Waals surface area contributed by atoms with Crippen LogP contribution in [0, 0.1) is 0 Å². The van der Waals surface area contributed by atoms with E-state index in [1.807, 2.05) is 31.2 Å². The van der Waals surface area contributed by atoms with E-state index in [9.17, 15) is 14.7 Å². The summed E-state index contributed by atoms with van der Waals surface area (Å²) in [6.07, 6.45) is 2.58. The van der Waals surface area contributed by atoms with Gasteiger partial charge in [0.2, 0.25) is 0 Å². The maximum Gasteiger partial charge on any atom is 0.337 e. The van der Waals surface area contributed by atoms with Crippen molar-refractivity contribution in [1.29, 1.82) is 0 Å². The van der Waals surface area contributed by atoms with Crippen molar-refractivity contribution >= 4 is 18.2 Å². The van der Waals surface area contributed by atoms with Gasteiger partial charge in [0, 0.05) is 5.70 Å². The molecule has 2 amide bonds. The van der Waals surface area contributed by atoms with E-state index in [-0.39, 0.29) is 12.2 Å². The molecule has 1 aliphatic rings. The normalized spacial score (nSPS) is 15.8. The summed E-state index contributed by atoms with van der Waals surface area (Å²) in [7, 11) is 1.28. The van der Waals surface area contributed by atoms with Crippen molar-refractivity contribution in [2.45, 2.75) is 45.9 Å². The Labute approximate surface area is 228 Å². The molecule has 0 radical (unpaired) electrons. The lowest BCUT2D eigenvalue weighted by Crippen LogP contribution is -2.45. The number of aliphatic hydroxyl groups is 1. The van der Waals surface area contributed by atoms with Gasteiger partial charge in [0.25, 0.3) is 0 Å². The molecule has 0 spiro atoms. The van der Waals surface area contributed by atoms with Crippen molar-refractivity contribution in [2.24, 2.45) is 5.10 Å². The third-order valence-electron chi connectivity index (χ3n) is 5.76. The van der Waals surface area contributed by atoms with Crippen molar-refractivity contribution in [1.82, 2.24) is 16.1 Å². The van der Waals surface area contributed by atoms with E-state index in [1.54, 1.807) is 31.3 Å². The zero-order chi connectivity index (χ0) is 28.2. The van der Waals surface area contributed by atoms with Crippen molar-refractivity contribution in [3.05, 3.63) is 64.9 Å². The van der Waals surface area contributed by atoms with Gasteiger partial charge in [-0.25, -0.2) is 9.59 Å². The summed E-state index contributed by atoms with van der Waals surface area (Å²) in [5.74, 6) is 1.01. The Morgan fingerprint density at radius 3 is 2.59 bits per heavy atom. The van der Waals surface area contributed by atoms with E-state index >= 15 is 0 Å². The highest BCUT2D eigenvalue weighted by atomic mass is 16.5. The van der Waals surface area contributed by atoms with E-state index in [2.05, 4.69) is 28.1 Å². The Kier molecular flexibility index (Phi) is 11.0. The molecular weight excluding hydrogens is 504 g/mol.